The smallest absolute Gasteiger partial charge is 0.0779 e. The van der Waals surface area contributed by atoms with Crippen molar-refractivity contribution in [2.45, 2.75) is 96.8 Å². The molecular formula is C18H42N2O2. The summed E-state index contributed by atoms with van der Waals surface area (Å²) < 4.78 is -0.127. The van der Waals surface area contributed by atoms with Crippen molar-refractivity contribution in [3.8, 4) is 0 Å². The van der Waals surface area contributed by atoms with E-state index in [0.29, 0.717) is 0 Å². The summed E-state index contributed by atoms with van der Waals surface area (Å²) in [7, 11) is 3.48. The molecule has 136 valence electrons. The van der Waals surface area contributed by atoms with Crippen LogP contribution >= 0.6 is 0 Å². The molecule has 0 aromatic heterocycles. The zero-order chi connectivity index (χ0) is 17.1. The minimum atomic E-state index is -0.127. The Morgan fingerprint density at radius 3 is 1.14 bits per heavy atom. The first-order valence-electron chi connectivity index (χ1n) is 9.39. The number of quaternary nitrogens is 2. The molecule has 0 atom stereocenters. The van der Waals surface area contributed by atoms with Crippen LogP contribution in [0.2, 0.25) is 0 Å². The van der Waals surface area contributed by atoms with Crippen molar-refractivity contribution in [2.75, 3.05) is 20.6 Å². The SMILES string of the molecule is CCCCCCCCCCCCCCCC[N+](C)(C)[O-].[NH3+][O-]. The number of hydroxylamine groups is 3. The summed E-state index contributed by atoms with van der Waals surface area (Å²) >= 11 is 0. The Balaban J connectivity index is 0. The average Bonchev–Trinajstić information content (AvgIpc) is 2.48. The van der Waals surface area contributed by atoms with Crippen molar-refractivity contribution in [3.63, 3.8) is 0 Å². The van der Waals surface area contributed by atoms with Gasteiger partial charge in [0.1, 0.15) is 0 Å². The molecule has 0 unspecified atom stereocenters. The molecule has 0 aliphatic carbocycles. The van der Waals surface area contributed by atoms with Gasteiger partial charge in [-0.2, -0.15) is 0 Å². The van der Waals surface area contributed by atoms with Crippen molar-refractivity contribution in [1.82, 2.24) is 0 Å². The molecule has 3 N–H and O–H groups in total. The Labute approximate surface area is 139 Å². The summed E-state index contributed by atoms with van der Waals surface area (Å²) in [4.78, 5) is 0. The van der Waals surface area contributed by atoms with E-state index >= 15 is 0 Å². The summed E-state index contributed by atoms with van der Waals surface area (Å²) in [5.74, 6) is 2.00. The Kier molecular flexibility index (Phi) is 20.7. The number of nitrogens with zero attached hydrogens (tertiary/aromatic N) is 1. The van der Waals surface area contributed by atoms with Crippen molar-refractivity contribution >= 4 is 0 Å². The molecule has 22 heavy (non-hydrogen) atoms. The highest BCUT2D eigenvalue weighted by Crippen LogP contribution is 2.13. The molecule has 0 aliphatic rings. The monoisotopic (exact) mass is 318 g/mol. The maximum absolute atomic E-state index is 11.4. The van der Waals surface area contributed by atoms with Crippen LogP contribution in [0, 0.1) is 10.4 Å². The van der Waals surface area contributed by atoms with Gasteiger partial charge in [-0.05, 0) is 12.8 Å². The zero-order valence-electron chi connectivity index (χ0n) is 15.6. The molecule has 0 radical (unpaired) electrons. The standard InChI is InChI=1S/C18H39NO.H3NO/c1-4-5-6-7-8-9-10-11-12-13-14-15-16-17-18-19(2,3)20;1-2/h4-18H2,1-3H3;1H3. The first-order valence-corrected chi connectivity index (χ1v) is 9.39. The predicted molar refractivity (Wildman–Crippen MR) is 96.9 cm³/mol. The van der Waals surface area contributed by atoms with Gasteiger partial charge in [0, 0.05) is 0 Å². The predicted octanol–water partition coefficient (Wildman–Crippen LogP) is 4.77. The van der Waals surface area contributed by atoms with Gasteiger partial charge in [0.2, 0.25) is 0 Å². The van der Waals surface area contributed by atoms with Crippen LogP contribution in [0.25, 0.3) is 0 Å². The molecule has 0 spiro atoms. The third-order valence-corrected chi connectivity index (χ3v) is 4.05. The van der Waals surface area contributed by atoms with Crippen molar-refractivity contribution in [1.29, 1.82) is 0 Å². The van der Waals surface area contributed by atoms with Gasteiger partial charge in [0.25, 0.3) is 0 Å². The summed E-state index contributed by atoms with van der Waals surface area (Å²) in [6.07, 6.45) is 19.2. The van der Waals surface area contributed by atoms with Gasteiger partial charge in [0.15, 0.2) is 0 Å². The molecule has 0 rings (SSSR count). The van der Waals surface area contributed by atoms with Gasteiger partial charge in [-0.3, -0.25) is 0 Å². The van der Waals surface area contributed by atoms with Gasteiger partial charge in [0.05, 0.1) is 20.6 Å². The third-order valence-electron chi connectivity index (χ3n) is 4.05. The van der Waals surface area contributed by atoms with Crippen LogP contribution in [0.4, 0.5) is 0 Å². The molecule has 4 heteroatoms. The van der Waals surface area contributed by atoms with Gasteiger partial charge in [-0.15, -0.1) is 0 Å². The fourth-order valence-corrected chi connectivity index (χ4v) is 2.69. The Hall–Kier alpha value is -0.160. The van der Waals surface area contributed by atoms with E-state index in [2.05, 4.69) is 6.92 Å². The minimum Gasteiger partial charge on any atom is -0.637 e. The van der Waals surface area contributed by atoms with Gasteiger partial charge in [-0.1, -0.05) is 84.0 Å². The second-order valence-electron chi connectivity index (χ2n) is 6.89. The van der Waals surface area contributed by atoms with Crippen molar-refractivity contribution in [2.24, 2.45) is 0 Å². The van der Waals surface area contributed by atoms with E-state index in [1.807, 2.05) is 5.90 Å². The highest BCUT2D eigenvalue weighted by atomic mass is 16.5. The molecule has 0 aromatic carbocycles. The molecule has 0 bridgehead atoms. The maximum atomic E-state index is 11.4. The maximum Gasteiger partial charge on any atom is 0.0779 e. The topological polar surface area (TPSA) is 73.8 Å². The molecule has 0 aliphatic heterocycles. The van der Waals surface area contributed by atoms with Crippen LogP contribution in [-0.2, 0) is 0 Å². The van der Waals surface area contributed by atoms with E-state index < -0.39 is 0 Å². The van der Waals surface area contributed by atoms with E-state index in [1.54, 1.807) is 14.1 Å². The summed E-state index contributed by atoms with van der Waals surface area (Å²) in [6, 6.07) is 0. The van der Waals surface area contributed by atoms with Crippen molar-refractivity contribution < 1.29 is 10.5 Å². The van der Waals surface area contributed by atoms with Crippen LogP contribution in [0.1, 0.15) is 96.8 Å². The number of hydrogen-bond donors (Lipinski definition) is 1. The lowest BCUT2D eigenvalue weighted by Crippen LogP contribution is -2.37. The average molecular weight is 319 g/mol. The number of unbranched alkanes of at least 4 members (excludes halogenated alkanes) is 13. The lowest BCUT2D eigenvalue weighted by atomic mass is 10.0. The summed E-state index contributed by atoms with van der Waals surface area (Å²) in [5, 5.41) is 19.4. The lowest BCUT2D eigenvalue weighted by molar-refractivity contribution is -0.840. The summed E-state index contributed by atoms with van der Waals surface area (Å²) in [5.41, 5.74) is 0. The first-order chi connectivity index (χ1) is 10.6. The number of hydrogen-bond acceptors (Lipinski definition) is 2. The number of rotatable bonds is 15. The molecular weight excluding hydrogens is 276 g/mol. The summed E-state index contributed by atoms with van der Waals surface area (Å²) in [6.45, 7) is 3.05. The molecule has 4 nitrogen and oxygen atoms in total. The fraction of sp³-hybridized carbons (Fsp3) is 1.00. The Morgan fingerprint density at radius 1 is 0.591 bits per heavy atom. The molecule has 0 fully saturated rings. The van der Waals surface area contributed by atoms with E-state index in [9.17, 15) is 5.21 Å². The highest BCUT2D eigenvalue weighted by molar-refractivity contribution is 4.49. The molecule has 0 saturated carbocycles. The van der Waals surface area contributed by atoms with Gasteiger partial charge >= 0.3 is 0 Å². The molecule has 0 amide bonds. The van der Waals surface area contributed by atoms with E-state index in [1.165, 1.54) is 83.5 Å². The van der Waals surface area contributed by atoms with E-state index in [-0.39, 0.29) is 4.65 Å². The Bertz CT molecular complexity index is 194. The normalized spacial score (nSPS) is 11.2. The second kappa shape index (κ2) is 18.9. The van der Waals surface area contributed by atoms with Gasteiger partial charge in [-0.25, -0.2) is 0 Å². The largest absolute Gasteiger partial charge is 0.637 e. The van der Waals surface area contributed by atoms with Crippen LogP contribution in [-0.4, -0.2) is 25.3 Å². The van der Waals surface area contributed by atoms with E-state index in [4.69, 9.17) is 5.21 Å². The van der Waals surface area contributed by atoms with Crippen LogP contribution in [0.3, 0.4) is 0 Å². The zero-order valence-corrected chi connectivity index (χ0v) is 15.6. The van der Waals surface area contributed by atoms with Crippen molar-refractivity contribution in [3.05, 3.63) is 10.4 Å². The fourth-order valence-electron chi connectivity index (χ4n) is 2.69. The van der Waals surface area contributed by atoms with Crippen LogP contribution in [0.15, 0.2) is 0 Å². The first kappa shape index (κ1) is 24.1. The Morgan fingerprint density at radius 2 is 0.864 bits per heavy atom. The van der Waals surface area contributed by atoms with Crippen LogP contribution < -0.4 is 5.90 Å². The molecule has 0 heterocycles. The highest BCUT2D eigenvalue weighted by Gasteiger charge is 2.00. The van der Waals surface area contributed by atoms with E-state index in [0.717, 1.165) is 13.0 Å². The second-order valence-corrected chi connectivity index (χ2v) is 6.89. The van der Waals surface area contributed by atoms with Gasteiger partial charge < -0.3 is 21.0 Å². The lowest BCUT2D eigenvalue weighted by Gasteiger charge is -2.33. The molecule has 0 aromatic rings. The minimum absolute atomic E-state index is 0.127. The van der Waals surface area contributed by atoms with Crippen LogP contribution in [0.5, 0.6) is 0 Å². The molecule has 0 saturated heterocycles. The third kappa shape index (κ3) is 24.8. The quantitative estimate of drug-likeness (QED) is 0.268.